The third-order valence-electron chi connectivity index (χ3n) is 2.77. The van der Waals surface area contributed by atoms with Gasteiger partial charge in [-0.3, -0.25) is 4.79 Å². The summed E-state index contributed by atoms with van der Waals surface area (Å²) in [4.78, 5) is 11.9. The SMILES string of the molecule is C/C(=N\NC(=O)c1ccc(Cl)cc1)c1ccc(Cl)c(Cl)c1. The fourth-order valence-corrected chi connectivity index (χ4v) is 2.01. The minimum atomic E-state index is -0.314. The number of hydrogen-bond donors (Lipinski definition) is 1. The van der Waals surface area contributed by atoms with Gasteiger partial charge in [0.1, 0.15) is 0 Å². The van der Waals surface area contributed by atoms with Crippen molar-refractivity contribution in [1.82, 2.24) is 5.43 Å². The Bertz CT molecular complexity index is 697. The van der Waals surface area contributed by atoms with Crippen molar-refractivity contribution in [2.75, 3.05) is 0 Å². The number of carbonyl (C=O) groups excluding carboxylic acids is 1. The van der Waals surface area contributed by atoms with Crippen molar-refractivity contribution < 1.29 is 4.79 Å². The average molecular weight is 342 g/mol. The Hall–Kier alpha value is -1.55. The molecular weight excluding hydrogens is 331 g/mol. The molecule has 2 rings (SSSR count). The van der Waals surface area contributed by atoms with Crippen LogP contribution < -0.4 is 5.43 Å². The normalized spacial score (nSPS) is 11.3. The molecule has 0 aromatic heterocycles. The fourth-order valence-electron chi connectivity index (χ4n) is 1.59. The van der Waals surface area contributed by atoms with Crippen LogP contribution in [0, 0.1) is 0 Å². The summed E-state index contributed by atoms with van der Waals surface area (Å²) in [5.74, 6) is -0.314. The summed E-state index contributed by atoms with van der Waals surface area (Å²) in [5.41, 5.74) is 4.36. The molecule has 1 N–H and O–H groups in total. The van der Waals surface area contributed by atoms with Crippen LogP contribution in [-0.4, -0.2) is 11.6 Å². The molecule has 0 saturated carbocycles. The van der Waals surface area contributed by atoms with E-state index in [2.05, 4.69) is 10.5 Å². The van der Waals surface area contributed by atoms with Crippen LogP contribution >= 0.6 is 34.8 Å². The van der Waals surface area contributed by atoms with Gasteiger partial charge < -0.3 is 0 Å². The number of benzene rings is 2. The van der Waals surface area contributed by atoms with Crippen molar-refractivity contribution in [3.63, 3.8) is 0 Å². The van der Waals surface area contributed by atoms with Gasteiger partial charge in [0.05, 0.1) is 15.8 Å². The topological polar surface area (TPSA) is 41.5 Å². The van der Waals surface area contributed by atoms with E-state index in [4.69, 9.17) is 34.8 Å². The summed E-state index contributed by atoms with van der Waals surface area (Å²) < 4.78 is 0. The second-order valence-corrected chi connectivity index (χ2v) is 5.52. The van der Waals surface area contributed by atoms with Gasteiger partial charge in [-0.25, -0.2) is 5.43 Å². The van der Waals surface area contributed by atoms with Crippen LogP contribution in [0.5, 0.6) is 0 Å². The molecule has 0 aliphatic rings. The smallest absolute Gasteiger partial charge is 0.267 e. The number of nitrogens with one attached hydrogen (secondary N) is 1. The lowest BCUT2D eigenvalue weighted by molar-refractivity contribution is 0.0955. The summed E-state index contributed by atoms with van der Waals surface area (Å²) in [6, 6.07) is 11.7. The second-order valence-electron chi connectivity index (χ2n) is 4.27. The maximum atomic E-state index is 11.9. The van der Waals surface area contributed by atoms with E-state index in [0.29, 0.717) is 26.3 Å². The Kier molecular flexibility index (Phi) is 5.23. The van der Waals surface area contributed by atoms with Gasteiger partial charge in [-0.1, -0.05) is 40.9 Å². The first-order chi connectivity index (χ1) is 9.97. The third kappa shape index (κ3) is 4.21. The first-order valence-electron chi connectivity index (χ1n) is 6.03. The number of rotatable bonds is 3. The molecule has 0 fully saturated rings. The van der Waals surface area contributed by atoms with Gasteiger partial charge in [0.25, 0.3) is 5.91 Å². The number of nitrogens with zero attached hydrogens (tertiary/aromatic N) is 1. The lowest BCUT2D eigenvalue weighted by Gasteiger charge is -2.04. The zero-order valence-corrected chi connectivity index (χ0v) is 13.3. The van der Waals surface area contributed by atoms with E-state index in [0.717, 1.165) is 5.56 Å². The molecule has 0 atom stereocenters. The summed E-state index contributed by atoms with van der Waals surface area (Å²) >= 11 is 17.6. The zero-order chi connectivity index (χ0) is 15.4. The Balaban J connectivity index is 2.10. The molecule has 0 unspecified atom stereocenters. The van der Waals surface area contributed by atoms with E-state index in [1.807, 2.05) is 0 Å². The van der Waals surface area contributed by atoms with Gasteiger partial charge in [0.2, 0.25) is 0 Å². The lowest BCUT2D eigenvalue weighted by Crippen LogP contribution is -2.19. The van der Waals surface area contributed by atoms with E-state index in [9.17, 15) is 4.79 Å². The highest BCUT2D eigenvalue weighted by atomic mass is 35.5. The summed E-state index contributed by atoms with van der Waals surface area (Å²) in [7, 11) is 0. The molecule has 0 heterocycles. The molecule has 0 saturated heterocycles. The summed E-state index contributed by atoms with van der Waals surface area (Å²) in [5, 5.41) is 5.53. The van der Waals surface area contributed by atoms with Crippen molar-refractivity contribution in [3.05, 3.63) is 68.7 Å². The summed E-state index contributed by atoms with van der Waals surface area (Å²) in [6.45, 7) is 1.77. The first kappa shape index (κ1) is 15.8. The predicted molar refractivity (Wildman–Crippen MR) is 87.6 cm³/mol. The molecule has 6 heteroatoms. The van der Waals surface area contributed by atoms with Gasteiger partial charge in [-0.05, 0) is 48.9 Å². The van der Waals surface area contributed by atoms with Crippen molar-refractivity contribution >= 4 is 46.4 Å². The summed E-state index contributed by atoms with van der Waals surface area (Å²) in [6.07, 6.45) is 0. The minimum Gasteiger partial charge on any atom is -0.267 e. The standard InChI is InChI=1S/C15H11Cl3N2O/c1-9(11-4-7-13(17)14(18)8-11)19-20-15(21)10-2-5-12(16)6-3-10/h2-8H,1H3,(H,20,21)/b19-9+. The molecule has 0 spiro atoms. The maximum Gasteiger partial charge on any atom is 0.271 e. The molecule has 21 heavy (non-hydrogen) atoms. The number of carbonyl (C=O) groups is 1. The Morgan fingerprint density at radius 1 is 0.952 bits per heavy atom. The predicted octanol–water partition coefficient (Wildman–Crippen LogP) is 4.80. The molecule has 0 aliphatic carbocycles. The van der Waals surface area contributed by atoms with E-state index >= 15 is 0 Å². The number of hydrazone groups is 1. The highest BCUT2D eigenvalue weighted by molar-refractivity contribution is 6.42. The van der Waals surface area contributed by atoms with Crippen LogP contribution in [0.4, 0.5) is 0 Å². The van der Waals surface area contributed by atoms with Crippen LogP contribution in [0.15, 0.2) is 47.6 Å². The largest absolute Gasteiger partial charge is 0.271 e. The van der Waals surface area contributed by atoms with E-state index < -0.39 is 0 Å². The second kappa shape index (κ2) is 6.94. The van der Waals surface area contributed by atoms with E-state index in [1.54, 1.807) is 49.4 Å². The van der Waals surface area contributed by atoms with Crippen LogP contribution in [0.3, 0.4) is 0 Å². The van der Waals surface area contributed by atoms with Crippen LogP contribution in [-0.2, 0) is 0 Å². The first-order valence-corrected chi connectivity index (χ1v) is 7.16. The van der Waals surface area contributed by atoms with Crippen LogP contribution in [0.25, 0.3) is 0 Å². The van der Waals surface area contributed by atoms with E-state index in [1.165, 1.54) is 0 Å². The maximum absolute atomic E-state index is 11.9. The monoisotopic (exact) mass is 340 g/mol. The minimum absolute atomic E-state index is 0.314. The quantitative estimate of drug-likeness (QED) is 0.632. The van der Waals surface area contributed by atoms with Gasteiger partial charge in [-0.2, -0.15) is 5.10 Å². The molecule has 0 radical (unpaired) electrons. The number of halogens is 3. The molecule has 0 bridgehead atoms. The van der Waals surface area contributed by atoms with Crippen molar-refractivity contribution in [2.45, 2.75) is 6.92 Å². The van der Waals surface area contributed by atoms with E-state index in [-0.39, 0.29) is 5.91 Å². The van der Waals surface area contributed by atoms with Crippen molar-refractivity contribution in [3.8, 4) is 0 Å². The number of amides is 1. The Morgan fingerprint density at radius 3 is 2.19 bits per heavy atom. The fraction of sp³-hybridized carbons (Fsp3) is 0.0667. The molecule has 2 aromatic carbocycles. The number of hydrogen-bond acceptors (Lipinski definition) is 2. The molecule has 2 aromatic rings. The average Bonchev–Trinajstić information content (AvgIpc) is 2.48. The van der Waals surface area contributed by atoms with Crippen molar-refractivity contribution in [2.24, 2.45) is 5.10 Å². The zero-order valence-electron chi connectivity index (χ0n) is 11.0. The van der Waals surface area contributed by atoms with Gasteiger partial charge in [0, 0.05) is 10.6 Å². The van der Waals surface area contributed by atoms with Crippen LogP contribution in [0.2, 0.25) is 15.1 Å². The molecule has 108 valence electrons. The lowest BCUT2D eigenvalue weighted by atomic mass is 10.1. The van der Waals surface area contributed by atoms with Gasteiger partial charge in [-0.15, -0.1) is 0 Å². The molecular formula is C15H11Cl3N2O. The third-order valence-corrected chi connectivity index (χ3v) is 3.76. The Labute approximate surface area is 137 Å². The van der Waals surface area contributed by atoms with Gasteiger partial charge in [0.15, 0.2) is 0 Å². The van der Waals surface area contributed by atoms with Crippen LogP contribution in [0.1, 0.15) is 22.8 Å². The van der Waals surface area contributed by atoms with Gasteiger partial charge >= 0.3 is 0 Å². The Morgan fingerprint density at radius 2 is 1.57 bits per heavy atom. The van der Waals surface area contributed by atoms with Crippen molar-refractivity contribution in [1.29, 1.82) is 0 Å². The molecule has 3 nitrogen and oxygen atoms in total. The molecule has 0 aliphatic heterocycles. The highest BCUT2D eigenvalue weighted by Crippen LogP contribution is 2.22. The molecule has 1 amide bonds. The highest BCUT2D eigenvalue weighted by Gasteiger charge is 2.06.